The van der Waals surface area contributed by atoms with Crippen LogP contribution in [0.25, 0.3) is 0 Å². The first-order chi connectivity index (χ1) is 13.5. The van der Waals surface area contributed by atoms with Crippen molar-refractivity contribution in [2.75, 3.05) is 11.9 Å². The summed E-state index contributed by atoms with van der Waals surface area (Å²) < 4.78 is 68.7. The Labute approximate surface area is 176 Å². The van der Waals surface area contributed by atoms with E-state index in [4.69, 9.17) is 0 Å². The number of sulfonamides is 1. The second-order valence-corrected chi connectivity index (χ2v) is 9.66. The molecule has 10 heteroatoms. The lowest BCUT2D eigenvalue weighted by atomic mass is 10.0. The maximum atomic E-state index is 12.9. The smallest absolute Gasteiger partial charge is 0.406 e. The number of hydrogen-bond donors (Lipinski definition) is 1. The molecular weight excluding hydrogens is 473 g/mol. The third-order valence-electron chi connectivity index (χ3n) is 4.69. The first-order valence-corrected chi connectivity index (χ1v) is 11.2. The molecule has 1 fully saturated rings. The van der Waals surface area contributed by atoms with Gasteiger partial charge in [-0.15, -0.1) is 13.2 Å². The molecule has 1 N–H and O–H groups in total. The van der Waals surface area contributed by atoms with Crippen molar-refractivity contribution < 1.29 is 26.3 Å². The summed E-state index contributed by atoms with van der Waals surface area (Å²) in [5.41, 5.74) is 0.654. The van der Waals surface area contributed by atoms with Crippen LogP contribution in [0.2, 0.25) is 0 Å². The summed E-state index contributed by atoms with van der Waals surface area (Å²) >= 11 is 3.30. The van der Waals surface area contributed by atoms with Crippen LogP contribution in [0.4, 0.5) is 18.9 Å². The second-order valence-electron chi connectivity index (χ2n) is 6.86. The van der Waals surface area contributed by atoms with Crippen molar-refractivity contribution >= 4 is 31.6 Å². The zero-order valence-corrected chi connectivity index (χ0v) is 17.9. The average Bonchev–Trinajstić information content (AvgIpc) is 2.62. The first kappa shape index (κ1) is 21.9. The van der Waals surface area contributed by atoms with E-state index in [0.29, 0.717) is 25.1 Å². The minimum atomic E-state index is -4.72. The topological polar surface area (TPSA) is 58.6 Å². The number of piperidine rings is 1. The van der Waals surface area contributed by atoms with Crippen molar-refractivity contribution in [1.82, 2.24) is 4.31 Å². The van der Waals surface area contributed by atoms with Crippen molar-refractivity contribution in [2.24, 2.45) is 0 Å². The average molecular weight is 493 g/mol. The van der Waals surface area contributed by atoms with E-state index < -0.39 is 16.4 Å². The van der Waals surface area contributed by atoms with E-state index in [-0.39, 0.29) is 22.7 Å². The lowest BCUT2D eigenvalue weighted by Gasteiger charge is -2.37. The molecular formula is C19H20BrF3N2O3S. The molecule has 2 atom stereocenters. The third kappa shape index (κ3) is 5.64. The number of hydrogen-bond acceptors (Lipinski definition) is 4. The molecule has 1 aliphatic heterocycles. The summed E-state index contributed by atoms with van der Waals surface area (Å²) in [5.74, 6) is -0.285. The molecule has 1 aliphatic rings. The highest BCUT2D eigenvalue weighted by atomic mass is 79.9. The molecule has 2 aromatic carbocycles. The fourth-order valence-corrected chi connectivity index (χ4v) is 5.29. The third-order valence-corrected chi connectivity index (χ3v) is 7.25. The molecule has 2 unspecified atom stereocenters. The fraction of sp³-hybridized carbons (Fsp3) is 0.368. The number of nitrogens with one attached hydrogen (secondary N) is 1. The van der Waals surface area contributed by atoms with Gasteiger partial charge in [-0.05, 0) is 68.3 Å². The van der Waals surface area contributed by atoms with Gasteiger partial charge in [0.15, 0.2) is 0 Å². The van der Waals surface area contributed by atoms with E-state index in [0.717, 1.165) is 4.47 Å². The standard InChI is InChI=1S/C19H20BrF3N2O3S/c1-13-12-16(24-15-4-6-17(7-5-15)28-19(21,22)23)10-11-25(13)29(26,27)18-8-2-14(20)3-9-18/h2-9,13,16,24H,10-12H2,1H3. The Morgan fingerprint density at radius 1 is 1.10 bits per heavy atom. The largest absolute Gasteiger partial charge is 0.573 e. The Hall–Kier alpha value is -1.78. The number of alkyl halides is 3. The van der Waals surface area contributed by atoms with Crippen molar-refractivity contribution in [3.63, 3.8) is 0 Å². The Balaban J connectivity index is 1.62. The summed E-state index contributed by atoms with van der Waals surface area (Å²) in [4.78, 5) is 0.249. The van der Waals surface area contributed by atoms with Crippen molar-refractivity contribution in [2.45, 2.75) is 43.1 Å². The lowest BCUT2D eigenvalue weighted by molar-refractivity contribution is -0.274. The van der Waals surface area contributed by atoms with Crippen LogP contribution in [0.5, 0.6) is 5.75 Å². The summed E-state index contributed by atoms with van der Waals surface area (Å²) in [6, 6.07) is 11.8. The molecule has 3 rings (SSSR count). The van der Waals surface area contributed by atoms with E-state index in [1.807, 2.05) is 6.92 Å². The molecule has 0 saturated carbocycles. The van der Waals surface area contributed by atoms with Crippen molar-refractivity contribution in [3.8, 4) is 5.75 Å². The predicted molar refractivity (Wildman–Crippen MR) is 107 cm³/mol. The Morgan fingerprint density at radius 3 is 2.28 bits per heavy atom. The van der Waals surface area contributed by atoms with Crippen LogP contribution in [0.1, 0.15) is 19.8 Å². The summed E-state index contributed by atoms with van der Waals surface area (Å²) in [6.07, 6.45) is -3.56. The van der Waals surface area contributed by atoms with E-state index in [1.54, 1.807) is 24.3 Å². The molecule has 158 valence electrons. The molecule has 0 radical (unpaired) electrons. The molecule has 1 saturated heterocycles. The number of halogens is 4. The van der Waals surface area contributed by atoms with Gasteiger partial charge in [-0.2, -0.15) is 4.31 Å². The van der Waals surface area contributed by atoms with Gasteiger partial charge < -0.3 is 10.1 Å². The van der Waals surface area contributed by atoms with Gasteiger partial charge in [-0.25, -0.2) is 8.42 Å². The van der Waals surface area contributed by atoms with Crippen molar-refractivity contribution in [3.05, 3.63) is 53.0 Å². The zero-order chi connectivity index (χ0) is 21.2. The lowest BCUT2D eigenvalue weighted by Crippen LogP contribution is -2.47. The molecule has 1 heterocycles. The summed E-state index contributed by atoms with van der Waals surface area (Å²) in [6.45, 7) is 2.21. The molecule has 0 aromatic heterocycles. The van der Waals surface area contributed by atoms with E-state index in [2.05, 4.69) is 26.0 Å². The SMILES string of the molecule is CC1CC(Nc2ccc(OC(F)(F)F)cc2)CCN1S(=O)(=O)c1ccc(Br)cc1. The highest BCUT2D eigenvalue weighted by Gasteiger charge is 2.34. The molecule has 29 heavy (non-hydrogen) atoms. The first-order valence-electron chi connectivity index (χ1n) is 8.94. The quantitative estimate of drug-likeness (QED) is 0.637. The summed E-state index contributed by atoms with van der Waals surface area (Å²) in [5, 5.41) is 3.26. The minimum absolute atomic E-state index is 0.00996. The maximum Gasteiger partial charge on any atom is 0.573 e. The number of rotatable bonds is 5. The van der Waals surface area contributed by atoms with Gasteiger partial charge in [-0.1, -0.05) is 15.9 Å². The number of ether oxygens (including phenoxy) is 1. The van der Waals surface area contributed by atoms with Crippen LogP contribution in [0, 0.1) is 0 Å². The van der Waals surface area contributed by atoms with Crippen LogP contribution < -0.4 is 10.1 Å². The number of nitrogens with zero attached hydrogens (tertiary/aromatic N) is 1. The Bertz CT molecular complexity index is 935. The van der Waals surface area contributed by atoms with Crippen LogP contribution in [-0.2, 0) is 10.0 Å². The van der Waals surface area contributed by atoms with Gasteiger partial charge in [0, 0.05) is 28.8 Å². The molecule has 0 spiro atoms. The van der Waals surface area contributed by atoms with Crippen LogP contribution in [0.15, 0.2) is 57.9 Å². The van der Waals surface area contributed by atoms with Gasteiger partial charge in [0.25, 0.3) is 0 Å². The highest BCUT2D eigenvalue weighted by Crippen LogP contribution is 2.29. The molecule has 0 amide bonds. The van der Waals surface area contributed by atoms with Gasteiger partial charge in [0.05, 0.1) is 4.90 Å². The highest BCUT2D eigenvalue weighted by molar-refractivity contribution is 9.10. The summed E-state index contributed by atoms with van der Waals surface area (Å²) in [7, 11) is -3.59. The maximum absolute atomic E-state index is 12.9. The van der Waals surface area contributed by atoms with Gasteiger partial charge in [-0.3, -0.25) is 0 Å². The van der Waals surface area contributed by atoms with Gasteiger partial charge >= 0.3 is 6.36 Å². The van der Waals surface area contributed by atoms with Gasteiger partial charge in [0.2, 0.25) is 10.0 Å². The van der Waals surface area contributed by atoms with Crippen LogP contribution in [0.3, 0.4) is 0 Å². The van der Waals surface area contributed by atoms with Gasteiger partial charge in [0.1, 0.15) is 5.75 Å². The predicted octanol–water partition coefficient (Wildman–Crippen LogP) is 5.00. The monoisotopic (exact) mass is 492 g/mol. The normalized spacial score (nSPS) is 21.0. The molecule has 5 nitrogen and oxygen atoms in total. The zero-order valence-electron chi connectivity index (χ0n) is 15.5. The van der Waals surface area contributed by atoms with Crippen molar-refractivity contribution in [1.29, 1.82) is 0 Å². The Kier molecular flexibility index (Phi) is 6.45. The Morgan fingerprint density at radius 2 is 1.72 bits per heavy atom. The molecule has 0 aliphatic carbocycles. The number of anilines is 1. The van der Waals surface area contributed by atoms with Crippen LogP contribution in [-0.4, -0.2) is 37.7 Å². The molecule has 0 bridgehead atoms. The van der Waals surface area contributed by atoms with E-state index >= 15 is 0 Å². The van der Waals surface area contributed by atoms with E-state index in [9.17, 15) is 21.6 Å². The number of benzene rings is 2. The second kappa shape index (κ2) is 8.53. The minimum Gasteiger partial charge on any atom is -0.406 e. The molecule has 2 aromatic rings. The van der Waals surface area contributed by atoms with E-state index in [1.165, 1.54) is 28.6 Å². The fourth-order valence-electron chi connectivity index (χ4n) is 3.37. The van der Waals surface area contributed by atoms with Crippen LogP contribution >= 0.6 is 15.9 Å².